The summed E-state index contributed by atoms with van der Waals surface area (Å²) < 4.78 is 39.7. The average Bonchev–Trinajstić information content (AvgIpc) is 2.42. The fraction of sp³-hybridized carbons (Fsp3) is 0.154. The first kappa shape index (κ1) is 17.3. The summed E-state index contributed by atoms with van der Waals surface area (Å²) in [5.41, 5.74) is -2.59. The second-order valence-corrected chi connectivity index (χ2v) is 5.18. The van der Waals surface area contributed by atoms with E-state index in [2.05, 4.69) is 4.98 Å². The van der Waals surface area contributed by atoms with E-state index in [-0.39, 0.29) is 9.59 Å². The highest BCUT2D eigenvalue weighted by Gasteiger charge is 2.23. The minimum absolute atomic E-state index is 0.0394. The van der Waals surface area contributed by atoms with Gasteiger partial charge in [0.15, 0.2) is 0 Å². The maximum atomic E-state index is 14.0. The van der Waals surface area contributed by atoms with Crippen LogP contribution in [0.1, 0.15) is 22.7 Å². The van der Waals surface area contributed by atoms with Crippen LogP contribution in [0.4, 0.5) is 13.2 Å². The van der Waals surface area contributed by atoms with Crippen molar-refractivity contribution in [3.05, 3.63) is 49.7 Å². The first-order valence-electron chi connectivity index (χ1n) is 5.94. The van der Waals surface area contributed by atoms with E-state index in [0.717, 1.165) is 13.0 Å². The lowest BCUT2D eigenvalue weighted by atomic mass is 10.1. The van der Waals surface area contributed by atoms with Gasteiger partial charge in [0.25, 0.3) is 5.56 Å². The topological polar surface area (TPSA) is 72.2 Å². The molecule has 122 valence electrons. The maximum absolute atomic E-state index is 14.0. The molecular weight excluding hydrogens is 360 g/mol. The van der Waals surface area contributed by atoms with Gasteiger partial charge in [-0.15, -0.1) is 0 Å². The summed E-state index contributed by atoms with van der Waals surface area (Å²) in [5, 5.41) is 7.87. The Balaban J connectivity index is 2.81. The van der Waals surface area contributed by atoms with Crippen LogP contribution in [-0.2, 0) is 0 Å². The molecule has 1 N–H and O–H groups in total. The van der Waals surface area contributed by atoms with Crippen LogP contribution in [0.15, 0.2) is 16.9 Å². The van der Waals surface area contributed by atoms with Gasteiger partial charge in [-0.3, -0.25) is 4.79 Å². The van der Waals surface area contributed by atoms with Gasteiger partial charge in [0.1, 0.15) is 16.7 Å². The number of aromatic carboxylic acids is 1. The number of hydrogen-bond acceptors (Lipinski definition) is 3. The van der Waals surface area contributed by atoms with Crippen molar-refractivity contribution in [1.29, 1.82) is 0 Å². The quantitative estimate of drug-likeness (QED) is 0.897. The number of hydrogen-bond donors (Lipinski definition) is 1. The van der Waals surface area contributed by atoms with Crippen LogP contribution in [0.5, 0.6) is 0 Å². The van der Waals surface area contributed by atoms with Crippen LogP contribution >= 0.6 is 23.2 Å². The van der Waals surface area contributed by atoms with Gasteiger partial charge in [0.05, 0.1) is 16.3 Å². The van der Waals surface area contributed by atoms with Crippen LogP contribution in [0.2, 0.25) is 10.0 Å². The zero-order valence-electron chi connectivity index (χ0n) is 11.3. The molecule has 0 saturated heterocycles. The van der Waals surface area contributed by atoms with Crippen molar-refractivity contribution in [2.45, 2.75) is 13.5 Å². The zero-order chi connectivity index (χ0) is 17.5. The van der Waals surface area contributed by atoms with Gasteiger partial charge in [-0.1, -0.05) is 23.2 Å². The monoisotopic (exact) mass is 366 g/mol. The molecule has 0 aliphatic rings. The normalized spacial score (nSPS) is 11.1. The smallest absolute Gasteiger partial charge is 0.337 e. The fourth-order valence-corrected chi connectivity index (χ4v) is 2.39. The lowest BCUT2D eigenvalue weighted by Gasteiger charge is -2.12. The van der Waals surface area contributed by atoms with Crippen LogP contribution in [0.3, 0.4) is 0 Å². The number of carbonyl (C=O) groups is 1. The van der Waals surface area contributed by atoms with E-state index in [1.165, 1.54) is 0 Å². The molecule has 1 heterocycles. The van der Waals surface area contributed by atoms with E-state index in [0.29, 0.717) is 6.07 Å². The highest BCUT2D eigenvalue weighted by Crippen LogP contribution is 2.31. The van der Waals surface area contributed by atoms with Crippen molar-refractivity contribution in [3.63, 3.8) is 0 Å². The predicted molar refractivity (Wildman–Crippen MR) is 76.9 cm³/mol. The molecule has 0 spiro atoms. The molecule has 1 aromatic heterocycles. The second kappa shape index (κ2) is 6.21. The van der Waals surface area contributed by atoms with Gasteiger partial charge in [-0.05, 0) is 19.1 Å². The Morgan fingerprint density at radius 2 is 1.96 bits per heavy atom. The molecule has 1 aromatic carbocycles. The van der Waals surface area contributed by atoms with E-state index in [1.54, 1.807) is 0 Å². The van der Waals surface area contributed by atoms with Crippen LogP contribution < -0.4 is 5.56 Å². The second-order valence-electron chi connectivity index (χ2n) is 4.39. The number of aromatic nitrogens is 2. The molecule has 0 unspecified atom stereocenters. The lowest BCUT2D eigenvalue weighted by molar-refractivity contribution is 0.0628. The summed E-state index contributed by atoms with van der Waals surface area (Å²) in [5.74, 6) is -2.84. The number of carboxylic acids is 1. The summed E-state index contributed by atoms with van der Waals surface area (Å²) in [6.45, 7) is -2.06. The molecule has 23 heavy (non-hydrogen) atoms. The van der Waals surface area contributed by atoms with E-state index >= 15 is 0 Å². The number of rotatable bonds is 3. The Morgan fingerprint density at radius 1 is 1.35 bits per heavy atom. The third-order valence-electron chi connectivity index (χ3n) is 2.97. The zero-order valence-corrected chi connectivity index (χ0v) is 12.8. The molecule has 2 rings (SSSR count). The molecule has 0 saturated carbocycles. The lowest BCUT2D eigenvalue weighted by Crippen LogP contribution is -2.25. The third-order valence-corrected chi connectivity index (χ3v) is 3.63. The van der Waals surface area contributed by atoms with Gasteiger partial charge in [0.2, 0.25) is 0 Å². The Morgan fingerprint density at radius 3 is 2.48 bits per heavy atom. The fourth-order valence-electron chi connectivity index (χ4n) is 1.92. The van der Waals surface area contributed by atoms with Crippen molar-refractivity contribution in [2.75, 3.05) is 0 Å². The number of nitrogens with zero attached hydrogens (tertiary/aromatic N) is 2. The molecular formula is C13H7Cl2F3N2O3. The maximum Gasteiger partial charge on any atom is 0.337 e. The van der Waals surface area contributed by atoms with E-state index in [4.69, 9.17) is 28.3 Å². The molecule has 10 heteroatoms. The summed E-state index contributed by atoms with van der Waals surface area (Å²) >= 11 is 11.3. The third kappa shape index (κ3) is 3.04. The van der Waals surface area contributed by atoms with Crippen molar-refractivity contribution >= 4 is 29.2 Å². The molecule has 0 amide bonds. The Hall–Kier alpha value is -2.06. The first-order chi connectivity index (χ1) is 10.6. The molecule has 0 fully saturated rings. The first-order valence-corrected chi connectivity index (χ1v) is 6.70. The van der Waals surface area contributed by atoms with E-state index < -0.39 is 51.6 Å². The molecule has 0 radical (unpaired) electrons. The Labute approximate surface area is 136 Å². The number of aryl methyl sites for hydroxylation is 1. The van der Waals surface area contributed by atoms with Crippen LogP contribution in [-0.4, -0.2) is 20.6 Å². The van der Waals surface area contributed by atoms with Crippen molar-refractivity contribution in [1.82, 2.24) is 9.55 Å². The largest absolute Gasteiger partial charge is 0.478 e. The number of alkyl halides is 2. The van der Waals surface area contributed by atoms with E-state index in [1.807, 2.05) is 0 Å². The van der Waals surface area contributed by atoms with Crippen molar-refractivity contribution in [2.24, 2.45) is 0 Å². The van der Waals surface area contributed by atoms with Gasteiger partial charge in [-0.25, -0.2) is 18.7 Å². The SMILES string of the molecule is Cc1nc(-c2cc(C(=O)O)c(Cl)cc2F)c(Cl)c(=O)n1C(F)F. The van der Waals surface area contributed by atoms with Gasteiger partial charge in [-0.2, -0.15) is 8.78 Å². The highest BCUT2D eigenvalue weighted by molar-refractivity contribution is 6.34. The number of carboxylic acid groups (broad SMARTS) is 1. The number of halogens is 5. The summed E-state index contributed by atoms with van der Waals surface area (Å²) in [6, 6.07) is 1.55. The summed E-state index contributed by atoms with van der Waals surface area (Å²) in [6.07, 6.45) is 0. The van der Waals surface area contributed by atoms with E-state index in [9.17, 15) is 22.8 Å². The van der Waals surface area contributed by atoms with Crippen molar-refractivity contribution < 1.29 is 23.1 Å². The molecule has 2 aromatic rings. The summed E-state index contributed by atoms with van der Waals surface area (Å²) in [4.78, 5) is 26.6. The molecule has 5 nitrogen and oxygen atoms in total. The molecule has 0 bridgehead atoms. The van der Waals surface area contributed by atoms with Gasteiger partial charge < -0.3 is 5.11 Å². The van der Waals surface area contributed by atoms with Gasteiger partial charge >= 0.3 is 12.5 Å². The molecule has 0 atom stereocenters. The standard InChI is InChI=1S/C13H7Cl2F3N2O3/c1-4-19-10(9(15)11(21)20(4)13(17)18)6-2-5(12(22)23)7(14)3-8(6)16/h2-3,13H,1H3,(H,22,23). The van der Waals surface area contributed by atoms with Crippen LogP contribution in [0, 0.1) is 12.7 Å². The molecule has 0 aliphatic heterocycles. The minimum Gasteiger partial charge on any atom is -0.478 e. The van der Waals surface area contributed by atoms with Gasteiger partial charge in [0, 0.05) is 5.56 Å². The Bertz CT molecular complexity index is 869. The average molecular weight is 367 g/mol. The minimum atomic E-state index is -3.17. The van der Waals surface area contributed by atoms with Crippen molar-refractivity contribution in [3.8, 4) is 11.3 Å². The Kier molecular flexibility index (Phi) is 4.67. The predicted octanol–water partition coefficient (Wildman–Crippen LogP) is 3.76. The molecule has 0 aliphatic carbocycles. The summed E-state index contributed by atoms with van der Waals surface area (Å²) in [7, 11) is 0. The van der Waals surface area contributed by atoms with Crippen LogP contribution in [0.25, 0.3) is 11.3 Å². The number of benzene rings is 1. The highest BCUT2D eigenvalue weighted by atomic mass is 35.5.